The Kier molecular flexibility index (Phi) is 19.4. The van der Waals surface area contributed by atoms with Crippen LogP contribution in [0.15, 0.2) is 26.8 Å². The third kappa shape index (κ3) is 13.5. The zero-order chi connectivity index (χ0) is 30.8. The molecule has 44 heavy (non-hydrogen) atoms. The Hall–Kier alpha value is 0.960. The Morgan fingerprint density at radius 2 is 1.18 bits per heavy atom. The lowest BCUT2D eigenvalue weighted by atomic mass is 10.1. The van der Waals surface area contributed by atoms with Crippen LogP contribution >= 0.6 is 92.2 Å². The number of ether oxygens (including phenoxy) is 6. The van der Waals surface area contributed by atoms with Gasteiger partial charge in [-0.2, -0.15) is 0 Å². The number of thioether (sulfide) groups is 6. The van der Waals surface area contributed by atoms with Crippen molar-refractivity contribution in [1.29, 1.82) is 0 Å². The van der Waals surface area contributed by atoms with Crippen LogP contribution in [0.25, 0.3) is 0 Å². The Bertz CT molecular complexity index is 997. The van der Waals surface area contributed by atoms with Crippen molar-refractivity contribution in [2.75, 3.05) is 90.4 Å². The molecule has 0 aromatic heterocycles. The normalized spacial score (nSPS) is 24.3. The highest BCUT2D eigenvalue weighted by atomic mass is 33.1. The summed E-state index contributed by atoms with van der Waals surface area (Å²) >= 11 is 9.79. The third-order valence-electron chi connectivity index (χ3n) is 6.24. The fourth-order valence-corrected chi connectivity index (χ4v) is 15.6. The molecule has 0 bridgehead atoms. The summed E-state index contributed by atoms with van der Waals surface area (Å²) in [6, 6.07) is 0. The largest absolute Gasteiger partial charge is 0.465 e. The molecule has 248 valence electrons. The molecule has 16 heteroatoms. The lowest BCUT2D eigenvalue weighted by Gasteiger charge is -2.08. The number of carbonyl (C=O) groups is 2. The van der Waals surface area contributed by atoms with Gasteiger partial charge in [0, 0.05) is 28.9 Å². The van der Waals surface area contributed by atoms with Gasteiger partial charge in [-0.25, -0.2) is 4.79 Å². The first-order chi connectivity index (χ1) is 21.7. The van der Waals surface area contributed by atoms with Crippen molar-refractivity contribution in [3.05, 3.63) is 26.8 Å². The summed E-state index contributed by atoms with van der Waals surface area (Å²) in [6.45, 7) is 5.57. The zero-order valence-corrected chi connectivity index (χ0v) is 31.4. The van der Waals surface area contributed by atoms with Crippen molar-refractivity contribution < 1.29 is 38.0 Å². The van der Waals surface area contributed by atoms with E-state index in [2.05, 4.69) is 0 Å². The second-order valence-corrected chi connectivity index (χ2v) is 19.6. The van der Waals surface area contributed by atoms with E-state index < -0.39 is 5.97 Å². The number of methoxy groups -OCH3 is 1. The molecule has 1 unspecified atom stereocenters. The molecule has 4 aliphatic heterocycles. The second-order valence-electron chi connectivity index (χ2n) is 9.46. The molecule has 0 aliphatic carbocycles. The minimum atomic E-state index is -0.438. The van der Waals surface area contributed by atoms with Gasteiger partial charge >= 0.3 is 5.97 Å². The lowest BCUT2D eigenvalue weighted by molar-refractivity contribution is -0.135. The van der Waals surface area contributed by atoms with E-state index in [1.807, 2.05) is 21.6 Å². The van der Waals surface area contributed by atoms with Crippen LogP contribution in [0.2, 0.25) is 0 Å². The minimum absolute atomic E-state index is 0.0397. The monoisotopic (exact) mass is 760 g/mol. The molecule has 1 fully saturated rings. The fraction of sp³-hybridized carbons (Fsp3) is 0.714. The van der Waals surface area contributed by atoms with E-state index in [1.165, 1.54) is 51.3 Å². The van der Waals surface area contributed by atoms with Crippen LogP contribution in [0.3, 0.4) is 0 Å². The standard InChI is InChI=1S/C28H40O8S8/c1-31-24(30)23-22(21(29)5-3-2-4-20-6-17-39-44-20)40-27(41-23)28-42-25-26(43-28)38-19-16-36-14-12-34-10-8-32-7-9-33-11-13-35-15-18-37-25/h20H,2-19H2,1H3. The van der Waals surface area contributed by atoms with Crippen LogP contribution in [0.5, 0.6) is 0 Å². The number of hydrogen-bond acceptors (Lipinski definition) is 16. The molecule has 1 atom stereocenters. The maximum Gasteiger partial charge on any atom is 0.346 e. The van der Waals surface area contributed by atoms with Gasteiger partial charge in [0.15, 0.2) is 5.78 Å². The van der Waals surface area contributed by atoms with Gasteiger partial charge in [0.05, 0.1) is 95.0 Å². The van der Waals surface area contributed by atoms with Gasteiger partial charge in [0.25, 0.3) is 0 Å². The van der Waals surface area contributed by atoms with E-state index in [0.29, 0.717) is 87.5 Å². The molecule has 0 spiro atoms. The molecule has 4 heterocycles. The molecule has 0 aromatic rings. The van der Waals surface area contributed by atoms with Gasteiger partial charge in [-0.3, -0.25) is 4.79 Å². The topological polar surface area (TPSA) is 89.5 Å². The number of ketones is 1. The number of Topliss-reactive ketones (excluding diaryl/α,β-unsaturated/α-hetero) is 1. The van der Waals surface area contributed by atoms with Crippen molar-refractivity contribution in [1.82, 2.24) is 0 Å². The minimum Gasteiger partial charge on any atom is -0.465 e. The number of rotatable bonds is 7. The molecule has 0 N–H and O–H groups in total. The van der Waals surface area contributed by atoms with Crippen LogP contribution in [-0.4, -0.2) is 107 Å². The van der Waals surface area contributed by atoms with Crippen molar-refractivity contribution in [2.45, 2.75) is 37.4 Å². The van der Waals surface area contributed by atoms with E-state index >= 15 is 0 Å². The van der Waals surface area contributed by atoms with Crippen LogP contribution in [0.4, 0.5) is 0 Å². The smallest absolute Gasteiger partial charge is 0.346 e. The molecular weight excluding hydrogens is 721 g/mol. The maximum atomic E-state index is 13.3. The van der Waals surface area contributed by atoms with E-state index in [9.17, 15) is 9.59 Å². The van der Waals surface area contributed by atoms with Crippen LogP contribution in [-0.2, 0) is 38.0 Å². The highest BCUT2D eigenvalue weighted by Gasteiger charge is 2.35. The van der Waals surface area contributed by atoms with Gasteiger partial charge in [0.1, 0.15) is 4.91 Å². The molecule has 0 radical (unpaired) electrons. The number of esters is 1. The van der Waals surface area contributed by atoms with Crippen molar-refractivity contribution in [3.63, 3.8) is 0 Å². The zero-order valence-electron chi connectivity index (χ0n) is 24.8. The van der Waals surface area contributed by atoms with Crippen LogP contribution in [0, 0.1) is 0 Å². The Balaban J connectivity index is 1.33. The van der Waals surface area contributed by atoms with Crippen LogP contribution < -0.4 is 0 Å². The van der Waals surface area contributed by atoms with Gasteiger partial charge in [-0.05, 0) is 19.3 Å². The summed E-state index contributed by atoms with van der Waals surface area (Å²) in [6.07, 6.45) is 4.75. The molecular formula is C28H40O8S8. The average molecular weight is 761 g/mol. The number of unbranched alkanes of at least 4 members (excludes halogenated alkanes) is 1. The molecule has 0 amide bonds. The summed E-state index contributed by atoms with van der Waals surface area (Å²) in [7, 11) is 5.30. The van der Waals surface area contributed by atoms with Crippen molar-refractivity contribution >= 4 is 104 Å². The molecule has 1 saturated heterocycles. The first-order valence-electron chi connectivity index (χ1n) is 14.6. The van der Waals surface area contributed by atoms with E-state index in [0.717, 1.165) is 39.2 Å². The highest BCUT2D eigenvalue weighted by Crippen LogP contribution is 2.63. The van der Waals surface area contributed by atoms with Gasteiger partial charge in [-0.1, -0.05) is 75.1 Å². The van der Waals surface area contributed by atoms with Crippen LogP contribution in [0.1, 0.15) is 32.1 Å². The second kappa shape index (κ2) is 22.6. The van der Waals surface area contributed by atoms with E-state index in [4.69, 9.17) is 28.4 Å². The van der Waals surface area contributed by atoms with Crippen molar-refractivity contribution in [3.8, 4) is 0 Å². The molecule has 0 saturated carbocycles. The van der Waals surface area contributed by atoms with Gasteiger partial charge in [0.2, 0.25) is 0 Å². The molecule has 4 rings (SSSR count). The summed E-state index contributed by atoms with van der Waals surface area (Å²) in [4.78, 5) is 27.0. The summed E-state index contributed by atoms with van der Waals surface area (Å²) in [5.74, 6) is 2.47. The SMILES string of the molecule is COC(=O)C1=C(C(=O)CCCCC2CCSS2)SC(=C2SC3=C(SCCOCCOCCOCCOCCOCCS3)S2)S1. The highest BCUT2D eigenvalue weighted by molar-refractivity contribution is 8.77. The fourth-order valence-electron chi connectivity index (χ4n) is 4.03. The average Bonchev–Trinajstić information content (AvgIpc) is 3.80. The number of allylic oxidation sites excluding steroid dienone is 1. The summed E-state index contributed by atoms with van der Waals surface area (Å²) in [5, 5.41) is 0.710. The Morgan fingerprint density at radius 1 is 0.659 bits per heavy atom. The lowest BCUT2D eigenvalue weighted by Crippen LogP contribution is -2.13. The third-order valence-corrected chi connectivity index (χ3v) is 17.8. The first kappa shape index (κ1) is 37.8. The van der Waals surface area contributed by atoms with Crippen molar-refractivity contribution in [2.24, 2.45) is 0 Å². The Labute approximate surface area is 294 Å². The number of hydrogen-bond donors (Lipinski definition) is 0. The Morgan fingerprint density at radius 3 is 1.70 bits per heavy atom. The molecule has 4 aliphatic rings. The predicted octanol–water partition coefficient (Wildman–Crippen LogP) is 7.43. The predicted molar refractivity (Wildman–Crippen MR) is 194 cm³/mol. The van der Waals surface area contributed by atoms with Gasteiger partial charge in [-0.15, -0.1) is 23.5 Å². The summed E-state index contributed by atoms with van der Waals surface area (Å²) in [5.41, 5.74) is 0. The number of carbonyl (C=O) groups excluding carboxylic acids is 2. The van der Waals surface area contributed by atoms with E-state index in [-0.39, 0.29) is 5.78 Å². The summed E-state index contributed by atoms with van der Waals surface area (Å²) < 4.78 is 37.8. The maximum absolute atomic E-state index is 13.3. The molecule has 0 aromatic carbocycles. The van der Waals surface area contributed by atoms with E-state index in [1.54, 1.807) is 47.0 Å². The quantitative estimate of drug-likeness (QED) is 0.146. The molecule has 8 nitrogen and oxygen atoms in total. The first-order valence-corrected chi connectivity index (χ1v) is 22.3. The van der Waals surface area contributed by atoms with Gasteiger partial charge < -0.3 is 28.4 Å².